The Bertz CT molecular complexity index is 1200. The molecule has 3 aromatic heterocycles. The quantitative estimate of drug-likeness (QED) is 0.509. The molecule has 4 aromatic rings. The molecular formula is C23H22ClN5O2. The van der Waals surface area contributed by atoms with Crippen LogP contribution in [0.4, 0.5) is 5.82 Å². The molecule has 31 heavy (non-hydrogen) atoms. The number of amides is 1. The summed E-state index contributed by atoms with van der Waals surface area (Å²) in [7, 11) is 0. The van der Waals surface area contributed by atoms with Crippen LogP contribution < -0.4 is 10.2 Å². The Balaban J connectivity index is 1.37. The number of carbonyl (C=O) groups is 1. The van der Waals surface area contributed by atoms with E-state index >= 15 is 0 Å². The Morgan fingerprint density at radius 3 is 3.00 bits per heavy atom. The molecule has 1 aliphatic heterocycles. The van der Waals surface area contributed by atoms with Crippen LogP contribution in [0.3, 0.4) is 0 Å². The third-order valence-electron chi connectivity index (χ3n) is 5.63. The van der Waals surface area contributed by atoms with Crippen LogP contribution in [0.1, 0.15) is 18.6 Å². The van der Waals surface area contributed by atoms with Crippen LogP contribution in [0, 0.1) is 5.92 Å². The summed E-state index contributed by atoms with van der Waals surface area (Å²) in [4.78, 5) is 19.5. The van der Waals surface area contributed by atoms with Gasteiger partial charge in [0.1, 0.15) is 11.3 Å². The summed E-state index contributed by atoms with van der Waals surface area (Å²) >= 11 is 6.37. The van der Waals surface area contributed by atoms with Crippen LogP contribution in [0.5, 0.6) is 0 Å². The van der Waals surface area contributed by atoms with Gasteiger partial charge in [-0.1, -0.05) is 29.8 Å². The van der Waals surface area contributed by atoms with Gasteiger partial charge in [0, 0.05) is 31.0 Å². The summed E-state index contributed by atoms with van der Waals surface area (Å²) in [5.41, 5.74) is 2.58. The Hall–Kier alpha value is -3.32. The second-order valence-electron chi connectivity index (χ2n) is 7.67. The molecule has 0 spiro atoms. The van der Waals surface area contributed by atoms with Crippen molar-refractivity contribution in [3.63, 3.8) is 0 Å². The van der Waals surface area contributed by atoms with Gasteiger partial charge in [0.2, 0.25) is 5.91 Å². The molecule has 1 aromatic carbocycles. The van der Waals surface area contributed by atoms with Crippen molar-refractivity contribution in [3.8, 4) is 11.3 Å². The van der Waals surface area contributed by atoms with Gasteiger partial charge in [-0.2, -0.15) is 5.10 Å². The molecule has 0 saturated carbocycles. The van der Waals surface area contributed by atoms with Crippen molar-refractivity contribution < 1.29 is 9.21 Å². The Kier molecular flexibility index (Phi) is 5.34. The van der Waals surface area contributed by atoms with E-state index < -0.39 is 0 Å². The monoisotopic (exact) mass is 435 g/mol. The molecule has 8 heteroatoms. The number of benzene rings is 1. The number of fused-ring (bicyclic) bond motifs is 1. The van der Waals surface area contributed by atoms with E-state index in [2.05, 4.69) is 20.3 Å². The largest absolute Gasteiger partial charge is 0.467 e. The average molecular weight is 436 g/mol. The van der Waals surface area contributed by atoms with Crippen molar-refractivity contribution in [1.82, 2.24) is 19.9 Å². The van der Waals surface area contributed by atoms with Crippen LogP contribution in [-0.2, 0) is 11.3 Å². The second kappa shape index (κ2) is 8.43. The minimum Gasteiger partial charge on any atom is -0.467 e. The average Bonchev–Trinajstić information content (AvgIpc) is 3.47. The zero-order valence-electron chi connectivity index (χ0n) is 16.9. The fraction of sp³-hybridized carbons (Fsp3) is 0.261. The van der Waals surface area contributed by atoms with Gasteiger partial charge in [-0.05, 0) is 37.1 Å². The second-order valence-corrected chi connectivity index (χ2v) is 8.08. The Morgan fingerprint density at radius 1 is 1.26 bits per heavy atom. The zero-order chi connectivity index (χ0) is 21.2. The van der Waals surface area contributed by atoms with Gasteiger partial charge in [-0.3, -0.25) is 4.79 Å². The summed E-state index contributed by atoms with van der Waals surface area (Å²) in [6.07, 6.45) is 6.96. The van der Waals surface area contributed by atoms with Gasteiger partial charge in [0.25, 0.3) is 0 Å². The van der Waals surface area contributed by atoms with E-state index in [-0.39, 0.29) is 11.8 Å². The van der Waals surface area contributed by atoms with Gasteiger partial charge >= 0.3 is 0 Å². The molecule has 4 heterocycles. The number of aromatic nitrogens is 3. The van der Waals surface area contributed by atoms with Gasteiger partial charge in [-0.25, -0.2) is 9.50 Å². The van der Waals surface area contributed by atoms with Gasteiger partial charge in [-0.15, -0.1) is 0 Å². The molecule has 1 atom stereocenters. The van der Waals surface area contributed by atoms with Crippen LogP contribution in [0.25, 0.3) is 16.8 Å². The third kappa shape index (κ3) is 4.01. The SMILES string of the molecule is O=C(NCc1ccco1)[C@H]1CCCN(c2nccn3nc(-c4ccccc4Cl)cc23)C1. The molecule has 5 rings (SSSR count). The minimum atomic E-state index is -0.100. The van der Waals surface area contributed by atoms with Crippen LogP contribution in [0.2, 0.25) is 5.02 Å². The topological polar surface area (TPSA) is 75.7 Å². The molecular weight excluding hydrogens is 414 g/mol. The first-order chi connectivity index (χ1) is 15.2. The van der Waals surface area contributed by atoms with Gasteiger partial charge in [0.05, 0.1) is 29.4 Å². The maximum Gasteiger partial charge on any atom is 0.225 e. The number of nitrogens with zero attached hydrogens (tertiary/aromatic N) is 4. The third-order valence-corrected chi connectivity index (χ3v) is 5.96. The highest BCUT2D eigenvalue weighted by Crippen LogP contribution is 2.31. The number of anilines is 1. The molecule has 0 bridgehead atoms. The van der Waals surface area contributed by atoms with E-state index in [1.165, 1.54) is 0 Å². The molecule has 158 valence electrons. The van der Waals surface area contributed by atoms with E-state index in [0.717, 1.165) is 47.7 Å². The van der Waals surface area contributed by atoms with E-state index in [0.29, 0.717) is 18.1 Å². The van der Waals surface area contributed by atoms with Gasteiger partial charge < -0.3 is 14.6 Å². The molecule has 1 N–H and O–H groups in total. The van der Waals surface area contributed by atoms with Crippen molar-refractivity contribution >= 4 is 28.8 Å². The standard InChI is InChI=1S/C23H22ClN5O2/c24-19-8-2-1-7-18(19)20-13-21-22(25-9-11-29(21)27-20)28-10-3-5-16(15-28)23(30)26-14-17-6-4-12-31-17/h1-2,4,6-9,11-13,16H,3,5,10,14-15H2,(H,26,30)/t16-/m0/s1. The molecule has 1 aliphatic rings. The highest BCUT2D eigenvalue weighted by atomic mass is 35.5. The number of nitrogens with one attached hydrogen (secondary N) is 1. The lowest BCUT2D eigenvalue weighted by atomic mass is 9.97. The normalized spacial score (nSPS) is 16.5. The van der Waals surface area contributed by atoms with Crippen molar-refractivity contribution in [3.05, 3.63) is 71.9 Å². The highest BCUT2D eigenvalue weighted by molar-refractivity contribution is 6.33. The molecule has 0 aliphatic carbocycles. The first-order valence-corrected chi connectivity index (χ1v) is 10.7. The number of piperidine rings is 1. The number of hydrogen-bond acceptors (Lipinski definition) is 5. The maximum atomic E-state index is 12.7. The van der Waals surface area contributed by atoms with Crippen molar-refractivity contribution in [2.75, 3.05) is 18.0 Å². The fourth-order valence-electron chi connectivity index (χ4n) is 4.07. The number of rotatable bonds is 5. The van der Waals surface area contributed by atoms with Crippen molar-refractivity contribution in [2.45, 2.75) is 19.4 Å². The fourth-order valence-corrected chi connectivity index (χ4v) is 4.30. The predicted octanol–water partition coefficient (Wildman–Crippen LogP) is 4.18. The predicted molar refractivity (Wildman–Crippen MR) is 119 cm³/mol. The lowest BCUT2D eigenvalue weighted by molar-refractivity contribution is -0.125. The summed E-state index contributed by atoms with van der Waals surface area (Å²) in [6, 6.07) is 13.3. The first kappa shape index (κ1) is 19.6. The molecule has 1 saturated heterocycles. The highest BCUT2D eigenvalue weighted by Gasteiger charge is 2.28. The lowest BCUT2D eigenvalue weighted by Crippen LogP contribution is -2.43. The lowest BCUT2D eigenvalue weighted by Gasteiger charge is -2.33. The molecule has 1 fully saturated rings. The first-order valence-electron chi connectivity index (χ1n) is 10.3. The zero-order valence-corrected chi connectivity index (χ0v) is 17.6. The van der Waals surface area contributed by atoms with Crippen LogP contribution >= 0.6 is 11.6 Å². The summed E-state index contributed by atoms with van der Waals surface area (Å²) in [5, 5.41) is 8.33. The van der Waals surface area contributed by atoms with E-state index in [1.807, 2.05) is 53.2 Å². The Morgan fingerprint density at radius 2 is 2.16 bits per heavy atom. The van der Waals surface area contributed by atoms with Crippen LogP contribution in [0.15, 0.2) is 65.5 Å². The number of furan rings is 1. The summed E-state index contributed by atoms with van der Waals surface area (Å²) in [5.74, 6) is 1.52. The molecule has 0 unspecified atom stereocenters. The summed E-state index contributed by atoms with van der Waals surface area (Å²) < 4.78 is 7.12. The summed E-state index contributed by atoms with van der Waals surface area (Å²) in [6.45, 7) is 1.87. The van der Waals surface area contributed by atoms with E-state index in [1.54, 1.807) is 12.5 Å². The minimum absolute atomic E-state index is 0.0401. The van der Waals surface area contributed by atoms with Crippen molar-refractivity contribution in [2.24, 2.45) is 5.92 Å². The molecule has 0 radical (unpaired) electrons. The number of halogens is 1. The smallest absolute Gasteiger partial charge is 0.225 e. The van der Waals surface area contributed by atoms with Gasteiger partial charge in [0.15, 0.2) is 5.82 Å². The molecule has 7 nitrogen and oxygen atoms in total. The van der Waals surface area contributed by atoms with Crippen molar-refractivity contribution in [1.29, 1.82) is 0 Å². The van der Waals surface area contributed by atoms with E-state index in [9.17, 15) is 4.79 Å². The Labute approximate surface area is 184 Å². The maximum absolute atomic E-state index is 12.7. The number of carbonyl (C=O) groups excluding carboxylic acids is 1. The van der Waals surface area contributed by atoms with Crippen LogP contribution in [-0.4, -0.2) is 33.6 Å². The van der Waals surface area contributed by atoms with E-state index in [4.69, 9.17) is 16.0 Å². The molecule has 1 amide bonds. The number of hydrogen-bond donors (Lipinski definition) is 1.